The summed E-state index contributed by atoms with van der Waals surface area (Å²) in [6, 6.07) is 4.44. The molecule has 1 aromatic carbocycles. The van der Waals surface area contributed by atoms with Gasteiger partial charge in [0.1, 0.15) is 5.75 Å². The summed E-state index contributed by atoms with van der Waals surface area (Å²) in [5.41, 5.74) is 7.04. The van der Waals surface area contributed by atoms with Crippen molar-refractivity contribution in [1.29, 1.82) is 0 Å². The maximum atomic E-state index is 11.8. The maximum Gasteiger partial charge on any atom is 0.344 e. The molecule has 7 nitrogen and oxygen atoms in total. The third kappa shape index (κ3) is 5.98. The molecule has 0 saturated heterocycles. The fraction of sp³-hybridized carbons (Fsp3) is 0.438. The first-order valence-corrected chi connectivity index (χ1v) is 7.20. The van der Waals surface area contributed by atoms with E-state index in [0.29, 0.717) is 5.75 Å². The molecule has 0 aliphatic carbocycles. The highest BCUT2D eigenvalue weighted by Crippen LogP contribution is 2.16. The Hall–Kier alpha value is -2.57. The third-order valence-corrected chi connectivity index (χ3v) is 3.20. The van der Waals surface area contributed by atoms with E-state index in [1.165, 1.54) is 0 Å². The van der Waals surface area contributed by atoms with Gasteiger partial charge in [0.05, 0.1) is 0 Å². The zero-order valence-electron chi connectivity index (χ0n) is 13.7. The molecule has 0 aromatic heterocycles. The van der Waals surface area contributed by atoms with Crippen molar-refractivity contribution in [2.75, 3.05) is 6.61 Å². The van der Waals surface area contributed by atoms with Crippen molar-refractivity contribution in [3.63, 3.8) is 0 Å². The van der Waals surface area contributed by atoms with Gasteiger partial charge in [-0.1, -0.05) is 19.9 Å². The van der Waals surface area contributed by atoms with Crippen molar-refractivity contribution in [3.8, 4) is 5.75 Å². The zero-order valence-corrected chi connectivity index (χ0v) is 13.7. The van der Waals surface area contributed by atoms with Crippen LogP contribution in [0.25, 0.3) is 0 Å². The van der Waals surface area contributed by atoms with E-state index in [0.717, 1.165) is 11.1 Å². The molecule has 0 fully saturated rings. The number of carbonyl (C=O) groups is 3. The lowest BCUT2D eigenvalue weighted by atomic mass is 10.1. The molecule has 0 spiro atoms. The van der Waals surface area contributed by atoms with Gasteiger partial charge in [-0.25, -0.2) is 9.59 Å². The van der Waals surface area contributed by atoms with Crippen LogP contribution in [0, 0.1) is 19.8 Å². The van der Waals surface area contributed by atoms with Crippen LogP contribution in [-0.2, 0) is 14.3 Å². The molecule has 0 unspecified atom stereocenters. The van der Waals surface area contributed by atoms with Gasteiger partial charge < -0.3 is 15.2 Å². The first-order valence-electron chi connectivity index (χ1n) is 7.20. The number of nitrogens with one attached hydrogen (secondary N) is 1. The first-order chi connectivity index (χ1) is 10.7. The molecule has 0 heterocycles. The number of nitrogens with two attached hydrogens (primary N) is 1. The number of aryl methyl sites for hydroxylation is 2. The van der Waals surface area contributed by atoms with Crippen LogP contribution in [0.2, 0.25) is 0 Å². The second-order valence-corrected chi connectivity index (χ2v) is 5.54. The average molecular weight is 322 g/mol. The smallest absolute Gasteiger partial charge is 0.344 e. The van der Waals surface area contributed by atoms with Gasteiger partial charge in [-0.2, -0.15) is 0 Å². The predicted octanol–water partition coefficient (Wildman–Crippen LogP) is 1.44. The van der Waals surface area contributed by atoms with Crippen LogP contribution < -0.4 is 15.8 Å². The van der Waals surface area contributed by atoms with E-state index in [9.17, 15) is 14.4 Å². The molecule has 0 bridgehead atoms. The molecule has 1 atom stereocenters. The van der Waals surface area contributed by atoms with Gasteiger partial charge in [0.25, 0.3) is 5.91 Å². The van der Waals surface area contributed by atoms with Crippen molar-refractivity contribution < 1.29 is 23.9 Å². The van der Waals surface area contributed by atoms with E-state index < -0.39 is 24.0 Å². The summed E-state index contributed by atoms with van der Waals surface area (Å²) in [4.78, 5) is 34.3. The fourth-order valence-electron chi connectivity index (χ4n) is 1.81. The van der Waals surface area contributed by atoms with Gasteiger partial charge in [0.2, 0.25) is 0 Å². The van der Waals surface area contributed by atoms with E-state index in [1.807, 2.05) is 31.3 Å². The van der Waals surface area contributed by atoms with Gasteiger partial charge in [-0.05, 0) is 43.0 Å². The Kier molecular flexibility index (Phi) is 6.56. The Morgan fingerprint density at radius 3 is 2.35 bits per heavy atom. The minimum Gasteiger partial charge on any atom is -0.482 e. The quantitative estimate of drug-likeness (QED) is 0.771. The number of urea groups is 1. The summed E-state index contributed by atoms with van der Waals surface area (Å²) in [5, 5.41) is 1.90. The third-order valence-electron chi connectivity index (χ3n) is 3.20. The largest absolute Gasteiger partial charge is 0.482 e. The van der Waals surface area contributed by atoms with E-state index in [2.05, 4.69) is 0 Å². The van der Waals surface area contributed by atoms with Crippen LogP contribution in [0.5, 0.6) is 5.75 Å². The van der Waals surface area contributed by atoms with Crippen LogP contribution >= 0.6 is 0 Å². The van der Waals surface area contributed by atoms with Crippen LogP contribution in [0.3, 0.4) is 0 Å². The molecular formula is C16H22N2O5. The molecule has 1 rings (SSSR count). The number of hydrogen-bond donors (Lipinski definition) is 2. The minimum absolute atomic E-state index is 0.320. The summed E-state index contributed by atoms with van der Waals surface area (Å²) < 4.78 is 10.4. The van der Waals surface area contributed by atoms with Crippen LogP contribution in [0.4, 0.5) is 4.79 Å². The van der Waals surface area contributed by atoms with Gasteiger partial charge in [-0.3, -0.25) is 10.1 Å². The van der Waals surface area contributed by atoms with Gasteiger partial charge in [-0.15, -0.1) is 0 Å². The molecule has 7 heteroatoms. The highest BCUT2D eigenvalue weighted by Gasteiger charge is 2.27. The van der Waals surface area contributed by atoms with Crippen molar-refractivity contribution in [2.45, 2.75) is 33.8 Å². The molecule has 3 amide bonds. The van der Waals surface area contributed by atoms with Crippen molar-refractivity contribution >= 4 is 17.9 Å². The topological polar surface area (TPSA) is 108 Å². The van der Waals surface area contributed by atoms with Crippen LogP contribution in [0.15, 0.2) is 18.2 Å². The lowest BCUT2D eigenvalue weighted by Crippen LogP contribution is -2.46. The molecule has 3 N–H and O–H groups in total. The lowest BCUT2D eigenvalue weighted by Gasteiger charge is -2.19. The van der Waals surface area contributed by atoms with E-state index in [-0.39, 0.29) is 12.5 Å². The van der Waals surface area contributed by atoms with Gasteiger partial charge in [0.15, 0.2) is 12.7 Å². The van der Waals surface area contributed by atoms with Gasteiger partial charge >= 0.3 is 12.0 Å². The van der Waals surface area contributed by atoms with E-state index in [1.54, 1.807) is 19.9 Å². The molecule has 0 aliphatic rings. The zero-order chi connectivity index (χ0) is 17.6. The standard InChI is InChI=1S/C16H22N2O5/c1-9(2)14(15(20)18-16(17)21)23-13(19)8-22-12-6-5-10(3)11(4)7-12/h5-7,9,14H,8H2,1-4H3,(H3,17,18,20,21)/t14-/m1/s1. The van der Waals surface area contributed by atoms with E-state index >= 15 is 0 Å². The molecule has 1 aromatic rings. The highest BCUT2D eigenvalue weighted by molar-refractivity contribution is 5.96. The second kappa shape index (κ2) is 8.17. The van der Waals surface area contributed by atoms with Crippen molar-refractivity contribution in [3.05, 3.63) is 29.3 Å². The summed E-state index contributed by atoms with van der Waals surface area (Å²) in [5.74, 6) is -1.25. The highest BCUT2D eigenvalue weighted by atomic mass is 16.6. The molecule has 0 saturated carbocycles. The number of imide groups is 1. The Balaban J connectivity index is 2.60. The number of esters is 1. The van der Waals surface area contributed by atoms with Crippen LogP contribution in [0.1, 0.15) is 25.0 Å². The molecule has 0 aliphatic heterocycles. The predicted molar refractivity (Wildman–Crippen MR) is 83.9 cm³/mol. The number of carbonyl (C=O) groups excluding carboxylic acids is 3. The van der Waals surface area contributed by atoms with Crippen molar-refractivity contribution in [2.24, 2.45) is 11.7 Å². The Morgan fingerprint density at radius 1 is 1.17 bits per heavy atom. The number of amides is 3. The minimum atomic E-state index is -1.11. The SMILES string of the molecule is Cc1ccc(OCC(=O)O[C@@H](C(=O)NC(N)=O)C(C)C)cc1C. The summed E-state index contributed by atoms with van der Waals surface area (Å²) in [6.45, 7) is 6.93. The average Bonchev–Trinajstić information content (AvgIpc) is 2.44. The number of benzene rings is 1. The molecule has 126 valence electrons. The maximum absolute atomic E-state index is 11.8. The Labute approximate surface area is 135 Å². The van der Waals surface area contributed by atoms with E-state index in [4.69, 9.17) is 15.2 Å². The second-order valence-electron chi connectivity index (χ2n) is 5.54. The monoisotopic (exact) mass is 322 g/mol. The summed E-state index contributed by atoms with van der Waals surface area (Å²) in [6.07, 6.45) is -1.11. The number of hydrogen-bond acceptors (Lipinski definition) is 5. The number of ether oxygens (including phenoxy) is 2. The number of rotatable bonds is 6. The van der Waals surface area contributed by atoms with Crippen molar-refractivity contribution in [1.82, 2.24) is 5.32 Å². The first kappa shape index (κ1) is 18.5. The molecule has 0 radical (unpaired) electrons. The summed E-state index contributed by atoms with van der Waals surface area (Å²) in [7, 11) is 0. The fourth-order valence-corrected chi connectivity index (χ4v) is 1.81. The van der Waals surface area contributed by atoms with Gasteiger partial charge in [0, 0.05) is 0 Å². The summed E-state index contributed by atoms with van der Waals surface area (Å²) >= 11 is 0. The number of primary amides is 1. The molecule has 23 heavy (non-hydrogen) atoms. The van der Waals surface area contributed by atoms with Crippen LogP contribution in [-0.4, -0.2) is 30.6 Å². The lowest BCUT2D eigenvalue weighted by molar-refractivity contribution is -0.160. The molecular weight excluding hydrogens is 300 g/mol. The Morgan fingerprint density at radius 2 is 1.83 bits per heavy atom. The Bertz CT molecular complexity index is 598. The normalized spacial score (nSPS) is 11.7.